The molecule has 1 heterocycles. The van der Waals surface area contributed by atoms with E-state index >= 15 is 0 Å². The van der Waals surface area contributed by atoms with Crippen LogP contribution in [0.1, 0.15) is 42.9 Å². The molecule has 2 N–H and O–H groups in total. The van der Waals surface area contributed by atoms with Crippen LogP contribution in [0.4, 0.5) is 8.78 Å². The molecule has 0 aromatic heterocycles. The highest BCUT2D eigenvalue weighted by Crippen LogP contribution is 2.32. The van der Waals surface area contributed by atoms with Gasteiger partial charge in [0.15, 0.2) is 0 Å². The molecule has 128 valence electrons. The highest BCUT2D eigenvalue weighted by Gasteiger charge is 2.27. The number of nitrogens with one attached hydrogen (secondary N) is 2. The van der Waals surface area contributed by atoms with Gasteiger partial charge in [-0.2, -0.15) is 8.78 Å². The predicted molar refractivity (Wildman–Crippen MR) is 85.2 cm³/mol. The minimum absolute atomic E-state index is 0. The van der Waals surface area contributed by atoms with Gasteiger partial charge in [0, 0.05) is 0 Å². The van der Waals surface area contributed by atoms with E-state index in [2.05, 4.69) is 15.4 Å². The lowest BCUT2D eigenvalue weighted by Gasteiger charge is -2.28. The van der Waals surface area contributed by atoms with Crippen LogP contribution >= 0.6 is 12.4 Å². The fourth-order valence-electron chi connectivity index (χ4n) is 3.30. The van der Waals surface area contributed by atoms with Crippen molar-refractivity contribution in [1.29, 1.82) is 0 Å². The number of rotatable bonds is 4. The van der Waals surface area contributed by atoms with E-state index in [1.54, 1.807) is 18.2 Å². The Morgan fingerprint density at radius 2 is 2.13 bits per heavy atom. The van der Waals surface area contributed by atoms with Crippen LogP contribution in [0, 0.1) is 0 Å². The molecule has 4 nitrogen and oxygen atoms in total. The van der Waals surface area contributed by atoms with Crippen molar-refractivity contribution in [3.63, 3.8) is 0 Å². The van der Waals surface area contributed by atoms with Gasteiger partial charge in [-0.05, 0) is 61.9 Å². The van der Waals surface area contributed by atoms with Crippen LogP contribution in [0.2, 0.25) is 0 Å². The van der Waals surface area contributed by atoms with E-state index in [9.17, 15) is 13.6 Å². The number of fused-ring (bicyclic) bond motifs is 1. The first-order valence-electron chi connectivity index (χ1n) is 7.75. The summed E-state index contributed by atoms with van der Waals surface area (Å²) in [7, 11) is 0. The monoisotopic (exact) mass is 346 g/mol. The van der Waals surface area contributed by atoms with Gasteiger partial charge in [0.2, 0.25) is 5.91 Å². The number of alkyl halides is 2. The summed E-state index contributed by atoms with van der Waals surface area (Å²) in [6.45, 7) is -1.93. The summed E-state index contributed by atoms with van der Waals surface area (Å²) in [6.07, 6.45) is 4.51. The van der Waals surface area contributed by atoms with E-state index in [1.807, 2.05) is 0 Å². The molecule has 3 rings (SSSR count). The molecule has 0 bridgehead atoms. The van der Waals surface area contributed by atoms with Crippen LogP contribution in [-0.4, -0.2) is 25.1 Å². The molecule has 1 aliphatic heterocycles. The van der Waals surface area contributed by atoms with Gasteiger partial charge in [-0.3, -0.25) is 4.79 Å². The lowest BCUT2D eigenvalue weighted by Crippen LogP contribution is -2.42. The topological polar surface area (TPSA) is 50.4 Å². The first-order chi connectivity index (χ1) is 10.6. The molecule has 2 unspecified atom stereocenters. The summed E-state index contributed by atoms with van der Waals surface area (Å²) >= 11 is 0. The number of amides is 1. The van der Waals surface area contributed by atoms with Gasteiger partial charge in [0.25, 0.3) is 0 Å². The van der Waals surface area contributed by atoms with Crippen molar-refractivity contribution in [2.24, 2.45) is 0 Å². The van der Waals surface area contributed by atoms with E-state index < -0.39 is 6.61 Å². The first-order valence-corrected chi connectivity index (χ1v) is 7.75. The fraction of sp³-hybridized carbons (Fsp3) is 0.562. The number of ether oxygens (including phenoxy) is 1. The van der Waals surface area contributed by atoms with Gasteiger partial charge in [-0.25, -0.2) is 0 Å². The molecule has 1 aromatic rings. The van der Waals surface area contributed by atoms with E-state index in [4.69, 9.17) is 0 Å². The summed E-state index contributed by atoms with van der Waals surface area (Å²) in [5, 5.41) is 6.27. The zero-order valence-corrected chi connectivity index (χ0v) is 13.5. The Kier molecular flexibility index (Phi) is 6.18. The maximum atomic E-state index is 12.3. The lowest BCUT2D eigenvalue weighted by molar-refractivity contribution is -0.123. The molecule has 1 aliphatic carbocycles. The zero-order valence-electron chi connectivity index (χ0n) is 12.7. The van der Waals surface area contributed by atoms with Crippen molar-refractivity contribution in [3.8, 4) is 5.75 Å². The SMILES string of the molecule is Cl.O=C(NC1CCCc2cc(OC(F)F)ccc21)C1CCCN1. The summed E-state index contributed by atoms with van der Waals surface area (Å²) in [4.78, 5) is 12.2. The molecular weight excluding hydrogens is 326 g/mol. The van der Waals surface area contributed by atoms with Gasteiger partial charge in [0.05, 0.1) is 12.1 Å². The Hall–Kier alpha value is -1.40. The Balaban J connectivity index is 0.00000192. The van der Waals surface area contributed by atoms with E-state index in [1.165, 1.54) is 0 Å². The molecule has 2 aliphatic rings. The Morgan fingerprint density at radius 1 is 1.30 bits per heavy atom. The molecule has 0 radical (unpaired) electrons. The quantitative estimate of drug-likeness (QED) is 0.881. The Morgan fingerprint density at radius 3 is 2.83 bits per heavy atom. The third kappa shape index (κ3) is 4.32. The Bertz CT molecular complexity index is 551. The second kappa shape index (κ2) is 7.93. The average Bonchev–Trinajstić information content (AvgIpc) is 3.01. The zero-order chi connectivity index (χ0) is 15.5. The molecule has 0 saturated carbocycles. The smallest absolute Gasteiger partial charge is 0.387 e. The second-order valence-corrected chi connectivity index (χ2v) is 5.84. The number of aryl methyl sites for hydroxylation is 1. The number of benzene rings is 1. The van der Waals surface area contributed by atoms with Crippen molar-refractivity contribution in [3.05, 3.63) is 29.3 Å². The third-order valence-corrected chi connectivity index (χ3v) is 4.35. The van der Waals surface area contributed by atoms with E-state index in [0.29, 0.717) is 0 Å². The normalized spacial score (nSPS) is 23.1. The van der Waals surface area contributed by atoms with Crippen LogP contribution in [0.5, 0.6) is 5.75 Å². The minimum Gasteiger partial charge on any atom is -0.435 e. The number of carbonyl (C=O) groups is 1. The number of hydrogen-bond acceptors (Lipinski definition) is 3. The van der Waals surface area contributed by atoms with Crippen molar-refractivity contribution < 1.29 is 18.3 Å². The summed E-state index contributed by atoms with van der Waals surface area (Å²) in [5.74, 6) is 0.210. The van der Waals surface area contributed by atoms with E-state index in [-0.39, 0.29) is 36.1 Å². The molecular formula is C16H21ClF2N2O2. The molecule has 1 aromatic carbocycles. The standard InChI is InChI=1S/C16H20F2N2O2.ClH/c17-16(18)22-11-6-7-12-10(9-11)3-1-4-13(12)20-15(21)14-5-2-8-19-14;/h6-7,9,13-14,16,19H,1-5,8H2,(H,20,21);1H. The van der Waals surface area contributed by atoms with Crippen LogP contribution in [-0.2, 0) is 11.2 Å². The number of hydrogen-bond donors (Lipinski definition) is 2. The highest BCUT2D eigenvalue weighted by atomic mass is 35.5. The van der Waals surface area contributed by atoms with Gasteiger partial charge in [-0.1, -0.05) is 6.07 Å². The van der Waals surface area contributed by atoms with Gasteiger partial charge in [-0.15, -0.1) is 12.4 Å². The van der Waals surface area contributed by atoms with Crippen LogP contribution in [0.15, 0.2) is 18.2 Å². The summed E-state index contributed by atoms with van der Waals surface area (Å²) in [5.41, 5.74) is 1.99. The van der Waals surface area contributed by atoms with Gasteiger partial charge < -0.3 is 15.4 Å². The second-order valence-electron chi connectivity index (χ2n) is 5.84. The summed E-state index contributed by atoms with van der Waals surface area (Å²) in [6, 6.07) is 4.85. The molecule has 7 heteroatoms. The maximum Gasteiger partial charge on any atom is 0.387 e. The number of halogens is 3. The predicted octanol–water partition coefficient (Wildman–Crippen LogP) is 2.96. The lowest BCUT2D eigenvalue weighted by atomic mass is 9.87. The van der Waals surface area contributed by atoms with Gasteiger partial charge in [0.1, 0.15) is 5.75 Å². The molecule has 1 amide bonds. The van der Waals surface area contributed by atoms with Crippen molar-refractivity contribution in [1.82, 2.24) is 10.6 Å². The fourth-order valence-corrected chi connectivity index (χ4v) is 3.30. The van der Waals surface area contributed by atoms with Crippen molar-refractivity contribution in [2.75, 3.05) is 6.54 Å². The van der Waals surface area contributed by atoms with E-state index in [0.717, 1.165) is 49.8 Å². The van der Waals surface area contributed by atoms with Crippen LogP contribution in [0.25, 0.3) is 0 Å². The molecule has 0 spiro atoms. The maximum absolute atomic E-state index is 12.3. The minimum atomic E-state index is -2.81. The van der Waals surface area contributed by atoms with Crippen LogP contribution in [0.3, 0.4) is 0 Å². The number of carbonyl (C=O) groups excluding carboxylic acids is 1. The largest absolute Gasteiger partial charge is 0.435 e. The van der Waals surface area contributed by atoms with Gasteiger partial charge >= 0.3 is 6.61 Å². The molecule has 1 saturated heterocycles. The Labute approximate surface area is 140 Å². The molecule has 23 heavy (non-hydrogen) atoms. The first kappa shape index (κ1) is 17.9. The average molecular weight is 347 g/mol. The summed E-state index contributed by atoms with van der Waals surface area (Å²) < 4.78 is 29.0. The third-order valence-electron chi connectivity index (χ3n) is 4.35. The molecule has 2 atom stereocenters. The van der Waals surface area contributed by atoms with Crippen LogP contribution < -0.4 is 15.4 Å². The van der Waals surface area contributed by atoms with Crippen molar-refractivity contribution in [2.45, 2.75) is 50.8 Å². The van der Waals surface area contributed by atoms with Crippen molar-refractivity contribution >= 4 is 18.3 Å². The molecule has 1 fully saturated rings. The highest BCUT2D eigenvalue weighted by molar-refractivity contribution is 5.85.